The maximum Gasteiger partial charge on any atom is 0.224 e. The van der Waals surface area contributed by atoms with E-state index in [1.54, 1.807) is 18.2 Å². The number of hydrogen-bond donors (Lipinski definition) is 1. The Morgan fingerprint density at radius 3 is 2.32 bits per heavy atom. The van der Waals surface area contributed by atoms with Gasteiger partial charge < -0.3 is 5.32 Å². The van der Waals surface area contributed by atoms with Crippen molar-refractivity contribution >= 4 is 34.8 Å². The van der Waals surface area contributed by atoms with Crippen LogP contribution >= 0.6 is 23.2 Å². The Balaban J connectivity index is 1.95. The van der Waals surface area contributed by atoms with E-state index in [0.717, 1.165) is 38.5 Å². The van der Waals surface area contributed by atoms with Crippen LogP contribution in [0, 0.1) is 11.8 Å². The van der Waals surface area contributed by atoms with Gasteiger partial charge in [-0.2, -0.15) is 0 Å². The normalized spacial score (nSPS) is 24.6. The summed E-state index contributed by atoms with van der Waals surface area (Å²) in [6.45, 7) is 2.26. The fourth-order valence-corrected chi connectivity index (χ4v) is 3.48. The summed E-state index contributed by atoms with van der Waals surface area (Å²) in [6.07, 6.45) is 16.1. The van der Waals surface area contributed by atoms with Crippen molar-refractivity contribution in [2.45, 2.75) is 51.9 Å². The Morgan fingerprint density at radius 1 is 1.00 bits per heavy atom. The number of anilines is 1. The van der Waals surface area contributed by atoms with Gasteiger partial charge in [0, 0.05) is 12.1 Å². The molecule has 0 saturated heterocycles. The molecule has 2 atom stereocenters. The van der Waals surface area contributed by atoms with Crippen molar-refractivity contribution in [1.29, 1.82) is 0 Å². The van der Waals surface area contributed by atoms with Gasteiger partial charge in [0.15, 0.2) is 0 Å². The minimum absolute atomic E-state index is 0.0434. The highest BCUT2D eigenvalue weighted by atomic mass is 35.5. The monoisotopic (exact) mass is 379 g/mol. The number of carbonyl (C=O) groups is 1. The van der Waals surface area contributed by atoms with Crippen LogP contribution in [0.2, 0.25) is 10.0 Å². The summed E-state index contributed by atoms with van der Waals surface area (Å²) >= 11 is 11.9. The molecule has 136 valence electrons. The zero-order valence-electron chi connectivity index (χ0n) is 14.8. The number of amides is 1. The molecule has 1 aliphatic rings. The lowest BCUT2D eigenvalue weighted by Crippen LogP contribution is -2.21. The first kappa shape index (κ1) is 20.1. The summed E-state index contributed by atoms with van der Waals surface area (Å²) < 4.78 is 0. The third-order valence-corrected chi connectivity index (χ3v) is 5.52. The van der Waals surface area contributed by atoms with E-state index in [9.17, 15) is 4.79 Å². The highest BCUT2D eigenvalue weighted by Gasteiger charge is 2.20. The third kappa shape index (κ3) is 7.25. The molecule has 1 aliphatic carbocycles. The van der Waals surface area contributed by atoms with Gasteiger partial charge in [-0.1, -0.05) is 54.4 Å². The Morgan fingerprint density at radius 2 is 1.64 bits per heavy atom. The Hall–Kier alpha value is -1.25. The molecule has 1 amide bonds. The van der Waals surface area contributed by atoms with Crippen molar-refractivity contribution in [1.82, 2.24) is 0 Å². The van der Waals surface area contributed by atoms with Crippen LogP contribution in [0.3, 0.4) is 0 Å². The summed E-state index contributed by atoms with van der Waals surface area (Å²) in [7, 11) is 0. The highest BCUT2D eigenvalue weighted by Crippen LogP contribution is 2.28. The number of nitrogens with one attached hydrogen (secondary N) is 1. The zero-order valence-corrected chi connectivity index (χ0v) is 16.3. The molecule has 1 aromatic rings. The first-order chi connectivity index (χ1) is 12.1. The number of halogens is 2. The molecule has 1 aromatic carbocycles. The molecule has 0 saturated carbocycles. The zero-order chi connectivity index (χ0) is 18.1. The molecule has 0 spiro atoms. The van der Waals surface area contributed by atoms with Crippen molar-refractivity contribution in [3.8, 4) is 0 Å². The quantitative estimate of drug-likeness (QED) is 0.560. The molecule has 25 heavy (non-hydrogen) atoms. The first-order valence-corrected chi connectivity index (χ1v) is 9.86. The molecule has 0 aliphatic heterocycles. The van der Waals surface area contributed by atoms with Gasteiger partial charge in [0.2, 0.25) is 5.91 Å². The third-order valence-electron chi connectivity index (χ3n) is 4.78. The van der Waals surface area contributed by atoms with Crippen LogP contribution in [0.4, 0.5) is 5.69 Å². The lowest BCUT2D eigenvalue weighted by molar-refractivity contribution is -0.117. The summed E-state index contributed by atoms with van der Waals surface area (Å²) in [5.41, 5.74) is 0.697. The van der Waals surface area contributed by atoms with Gasteiger partial charge in [-0.3, -0.25) is 4.79 Å². The fourth-order valence-electron chi connectivity index (χ4n) is 3.18. The molecule has 0 fully saturated rings. The van der Waals surface area contributed by atoms with E-state index < -0.39 is 0 Å². The Bertz CT molecular complexity index is 624. The average Bonchev–Trinajstić information content (AvgIpc) is 2.57. The van der Waals surface area contributed by atoms with Crippen LogP contribution in [0.1, 0.15) is 51.9 Å². The van der Waals surface area contributed by atoms with Crippen LogP contribution < -0.4 is 5.32 Å². The highest BCUT2D eigenvalue weighted by molar-refractivity contribution is 6.42. The summed E-state index contributed by atoms with van der Waals surface area (Å²) in [5, 5.41) is 3.90. The van der Waals surface area contributed by atoms with E-state index in [4.69, 9.17) is 23.2 Å². The molecule has 0 bridgehead atoms. The number of hydrogen-bond acceptors (Lipinski definition) is 1. The second-order valence-corrected chi connectivity index (χ2v) is 7.61. The van der Waals surface area contributed by atoms with E-state index in [1.165, 1.54) is 0 Å². The largest absolute Gasteiger partial charge is 0.326 e. The van der Waals surface area contributed by atoms with Gasteiger partial charge in [-0.15, -0.1) is 0 Å². The Kier molecular flexibility index (Phi) is 8.57. The average molecular weight is 380 g/mol. The smallest absolute Gasteiger partial charge is 0.224 e. The van der Waals surface area contributed by atoms with Crippen LogP contribution in [0.5, 0.6) is 0 Å². The van der Waals surface area contributed by atoms with Gasteiger partial charge >= 0.3 is 0 Å². The molecule has 0 unspecified atom stereocenters. The van der Waals surface area contributed by atoms with Crippen LogP contribution in [0.15, 0.2) is 42.5 Å². The van der Waals surface area contributed by atoms with Crippen molar-refractivity contribution in [3.05, 3.63) is 52.5 Å². The molecule has 4 heteroatoms. The molecule has 2 nitrogen and oxygen atoms in total. The molecular formula is C21H27Cl2NO. The molecule has 1 N–H and O–H groups in total. The summed E-state index contributed by atoms with van der Waals surface area (Å²) in [6, 6.07) is 5.18. The van der Waals surface area contributed by atoms with Gasteiger partial charge in [-0.05, 0) is 68.6 Å². The van der Waals surface area contributed by atoms with E-state index >= 15 is 0 Å². The van der Waals surface area contributed by atoms with Crippen molar-refractivity contribution in [2.24, 2.45) is 11.8 Å². The maximum absolute atomic E-state index is 12.5. The maximum atomic E-state index is 12.5. The van der Waals surface area contributed by atoms with Gasteiger partial charge in [0.1, 0.15) is 0 Å². The van der Waals surface area contributed by atoms with Crippen molar-refractivity contribution < 1.29 is 4.79 Å². The number of rotatable bonds is 3. The van der Waals surface area contributed by atoms with E-state index in [1.807, 2.05) is 0 Å². The fraction of sp³-hybridized carbons (Fsp3) is 0.476. The number of benzene rings is 1. The van der Waals surface area contributed by atoms with Gasteiger partial charge in [0.05, 0.1) is 10.0 Å². The molecule has 0 aromatic heterocycles. The molecule has 0 heterocycles. The van der Waals surface area contributed by atoms with Crippen LogP contribution in [-0.2, 0) is 4.79 Å². The van der Waals surface area contributed by atoms with Crippen LogP contribution in [0.25, 0.3) is 0 Å². The van der Waals surface area contributed by atoms with E-state index in [-0.39, 0.29) is 5.91 Å². The second kappa shape index (κ2) is 10.7. The molecule has 2 rings (SSSR count). The molecular weight excluding hydrogens is 353 g/mol. The first-order valence-electron chi connectivity index (χ1n) is 9.11. The second-order valence-electron chi connectivity index (χ2n) is 6.79. The van der Waals surface area contributed by atoms with Crippen LogP contribution in [-0.4, -0.2) is 5.91 Å². The topological polar surface area (TPSA) is 29.1 Å². The summed E-state index contributed by atoms with van der Waals surface area (Å²) in [5.74, 6) is 0.958. The predicted molar refractivity (Wildman–Crippen MR) is 108 cm³/mol. The number of carbonyl (C=O) groups excluding carboxylic acids is 1. The standard InChI is InChI=1S/C21H27Cl2NO/c1-16-10-8-6-4-2-3-5-7-9-11-17(16)14-21(25)24-18-12-13-19(22)20(23)15-18/h4-7,12-13,15-17H,2-3,8-11,14H2,1H3,(H,24,25)/b6-4+,7-5-/t16-,17-/m1/s1. The lowest BCUT2D eigenvalue weighted by atomic mass is 9.83. The minimum atomic E-state index is 0.0434. The SMILES string of the molecule is C[C@@H]1CC/C=C/CC/C=C\CC[C@@H]1CC(=O)Nc1ccc(Cl)c(Cl)c1. The van der Waals surface area contributed by atoms with Crippen molar-refractivity contribution in [2.75, 3.05) is 5.32 Å². The molecule has 0 radical (unpaired) electrons. The van der Waals surface area contributed by atoms with Gasteiger partial charge in [-0.25, -0.2) is 0 Å². The lowest BCUT2D eigenvalue weighted by Gasteiger charge is -2.23. The van der Waals surface area contributed by atoms with Crippen molar-refractivity contribution in [3.63, 3.8) is 0 Å². The minimum Gasteiger partial charge on any atom is -0.326 e. The predicted octanol–water partition coefficient (Wildman–Crippen LogP) is 7.04. The number of allylic oxidation sites excluding steroid dienone is 4. The summed E-state index contributed by atoms with van der Waals surface area (Å²) in [4.78, 5) is 12.5. The Labute approximate surface area is 161 Å². The van der Waals surface area contributed by atoms with Gasteiger partial charge in [0.25, 0.3) is 0 Å². The van der Waals surface area contributed by atoms with E-state index in [2.05, 4.69) is 36.5 Å². The van der Waals surface area contributed by atoms with E-state index in [0.29, 0.717) is 34.0 Å².